The summed E-state index contributed by atoms with van der Waals surface area (Å²) in [7, 11) is 1.52. The summed E-state index contributed by atoms with van der Waals surface area (Å²) in [5.41, 5.74) is 1.10. The molecule has 0 aliphatic rings. The summed E-state index contributed by atoms with van der Waals surface area (Å²) in [4.78, 5) is 19.3. The van der Waals surface area contributed by atoms with E-state index < -0.39 is 12.4 Å². The summed E-state index contributed by atoms with van der Waals surface area (Å²) in [6, 6.07) is 6.03. The second kappa shape index (κ2) is 9.58. The highest BCUT2D eigenvalue weighted by atomic mass is 19.3. The van der Waals surface area contributed by atoms with E-state index in [2.05, 4.69) is 35.8 Å². The molecule has 2 heterocycles. The van der Waals surface area contributed by atoms with Gasteiger partial charge in [-0.2, -0.15) is 18.9 Å². The number of likely N-dealkylation sites (N-methyl/N-ethyl adjacent to an activating group) is 1. The smallest absolute Gasteiger partial charge is 0.387 e. The molecule has 0 atom stereocenters. The molecular weight excluding hydrogens is 403 g/mol. The van der Waals surface area contributed by atoms with Crippen molar-refractivity contribution < 1.29 is 22.7 Å². The molecule has 0 bridgehead atoms. The summed E-state index contributed by atoms with van der Waals surface area (Å²) >= 11 is 0. The Morgan fingerprint density at radius 1 is 1.30 bits per heavy atom. The van der Waals surface area contributed by atoms with Crippen molar-refractivity contribution in [3.8, 4) is 5.75 Å². The second-order valence-corrected chi connectivity index (χ2v) is 5.99. The van der Waals surface area contributed by atoms with Gasteiger partial charge in [0.05, 0.1) is 18.1 Å². The number of anilines is 3. The van der Waals surface area contributed by atoms with Crippen molar-refractivity contribution in [3.63, 3.8) is 0 Å². The van der Waals surface area contributed by atoms with E-state index in [-0.39, 0.29) is 36.5 Å². The van der Waals surface area contributed by atoms with E-state index in [1.165, 1.54) is 30.1 Å². The third kappa shape index (κ3) is 5.83. The molecule has 158 valence electrons. The minimum Gasteiger partial charge on any atom is -0.435 e. The van der Waals surface area contributed by atoms with Crippen LogP contribution in [0.15, 0.2) is 42.9 Å². The Morgan fingerprint density at radius 2 is 2.13 bits per heavy atom. The molecule has 0 aliphatic heterocycles. The highest BCUT2D eigenvalue weighted by Gasteiger charge is 2.10. The molecule has 3 N–H and O–H groups in total. The molecule has 2 aromatic heterocycles. The quantitative estimate of drug-likeness (QED) is 0.488. The summed E-state index contributed by atoms with van der Waals surface area (Å²) in [6.07, 6.45) is 4.03. The number of nitrogens with one attached hydrogen (secondary N) is 3. The largest absolute Gasteiger partial charge is 0.435 e. The Kier molecular flexibility index (Phi) is 6.67. The number of carbonyl (C=O) groups excluding carboxylic acids is 1. The van der Waals surface area contributed by atoms with Crippen LogP contribution in [0.25, 0.3) is 0 Å². The fourth-order valence-corrected chi connectivity index (χ4v) is 2.44. The number of nitrogens with zero attached hydrogens (tertiary/aromatic N) is 4. The fraction of sp³-hybridized carbons (Fsp3) is 0.222. The molecule has 0 saturated carbocycles. The lowest BCUT2D eigenvalue weighted by Gasteiger charge is -2.10. The molecule has 0 fully saturated rings. The van der Waals surface area contributed by atoms with E-state index in [1.54, 1.807) is 18.3 Å². The van der Waals surface area contributed by atoms with Gasteiger partial charge in [-0.15, -0.1) is 0 Å². The summed E-state index contributed by atoms with van der Waals surface area (Å²) < 4.78 is 44.5. The number of carbonyl (C=O) groups is 1. The van der Waals surface area contributed by atoms with Gasteiger partial charge in [0.1, 0.15) is 12.3 Å². The van der Waals surface area contributed by atoms with Crippen LogP contribution in [0.3, 0.4) is 0 Å². The lowest BCUT2D eigenvalue weighted by molar-refractivity contribution is -0.121. The minimum absolute atomic E-state index is 0.00332. The first-order valence-corrected chi connectivity index (χ1v) is 8.73. The summed E-state index contributed by atoms with van der Waals surface area (Å²) in [6.45, 7) is -2.76. The normalized spacial score (nSPS) is 10.7. The van der Waals surface area contributed by atoms with Crippen LogP contribution in [0.2, 0.25) is 0 Å². The molecule has 1 amide bonds. The molecule has 0 aliphatic carbocycles. The average molecular weight is 421 g/mol. The van der Waals surface area contributed by atoms with Gasteiger partial charge in [-0.05, 0) is 17.7 Å². The minimum atomic E-state index is -2.93. The molecule has 3 aromatic rings. The second-order valence-electron chi connectivity index (χ2n) is 5.99. The highest BCUT2D eigenvalue weighted by Crippen LogP contribution is 2.19. The molecule has 0 saturated heterocycles. The zero-order valence-corrected chi connectivity index (χ0v) is 15.8. The average Bonchev–Trinajstić information content (AvgIpc) is 3.14. The maximum atomic E-state index is 14.0. The van der Waals surface area contributed by atoms with Gasteiger partial charge in [-0.1, -0.05) is 12.1 Å². The summed E-state index contributed by atoms with van der Waals surface area (Å²) in [5, 5.41) is 12.2. The van der Waals surface area contributed by atoms with Crippen molar-refractivity contribution in [3.05, 3.63) is 54.2 Å². The van der Waals surface area contributed by atoms with Crippen LogP contribution in [0.1, 0.15) is 5.56 Å². The van der Waals surface area contributed by atoms with Crippen LogP contribution in [0.4, 0.5) is 30.6 Å². The zero-order valence-electron chi connectivity index (χ0n) is 15.8. The predicted octanol–water partition coefficient (Wildman–Crippen LogP) is 2.52. The number of benzene rings is 1. The van der Waals surface area contributed by atoms with Gasteiger partial charge in [0.25, 0.3) is 0 Å². The van der Waals surface area contributed by atoms with Crippen LogP contribution >= 0.6 is 0 Å². The third-order valence-corrected chi connectivity index (χ3v) is 3.80. The van der Waals surface area contributed by atoms with E-state index in [0.29, 0.717) is 11.3 Å². The Hall–Kier alpha value is -3.83. The van der Waals surface area contributed by atoms with Gasteiger partial charge in [-0.25, -0.2) is 9.37 Å². The monoisotopic (exact) mass is 421 g/mol. The van der Waals surface area contributed by atoms with E-state index in [0.717, 1.165) is 6.20 Å². The number of rotatable bonds is 9. The van der Waals surface area contributed by atoms with Gasteiger partial charge in [0, 0.05) is 19.8 Å². The standard InChI is InChI=1S/C18H18F3N7O2/c1-22-15(29)10-28-9-12(7-25-28)26-18-24-8-14(19)16(27-18)23-6-11-3-2-4-13(5-11)30-17(20)21/h2-5,7-9,17H,6,10H2,1H3,(H,22,29)(H2,23,24,26,27). The van der Waals surface area contributed by atoms with Gasteiger partial charge < -0.3 is 20.7 Å². The Morgan fingerprint density at radius 3 is 2.90 bits per heavy atom. The van der Waals surface area contributed by atoms with Gasteiger partial charge in [-0.3, -0.25) is 9.48 Å². The van der Waals surface area contributed by atoms with Crippen molar-refractivity contribution in [2.75, 3.05) is 17.7 Å². The third-order valence-electron chi connectivity index (χ3n) is 3.80. The van der Waals surface area contributed by atoms with E-state index in [9.17, 15) is 18.0 Å². The van der Waals surface area contributed by atoms with E-state index >= 15 is 0 Å². The molecule has 30 heavy (non-hydrogen) atoms. The number of aromatic nitrogens is 4. The first kappa shape index (κ1) is 20.9. The van der Waals surface area contributed by atoms with E-state index in [4.69, 9.17) is 0 Å². The van der Waals surface area contributed by atoms with Gasteiger partial charge >= 0.3 is 6.61 Å². The number of alkyl halides is 2. The molecule has 0 radical (unpaired) electrons. The van der Waals surface area contributed by atoms with Crippen molar-refractivity contribution in [1.82, 2.24) is 25.1 Å². The van der Waals surface area contributed by atoms with Gasteiger partial charge in [0.15, 0.2) is 11.6 Å². The number of halogens is 3. The van der Waals surface area contributed by atoms with Crippen LogP contribution in [0, 0.1) is 5.82 Å². The van der Waals surface area contributed by atoms with Crippen LogP contribution < -0.4 is 20.7 Å². The highest BCUT2D eigenvalue weighted by molar-refractivity contribution is 5.75. The number of ether oxygens (including phenoxy) is 1. The van der Waals surface area contributed by atoms with Crippen molar-refractivity contribution >= 4 is 23.4 Å². The Labute approximate surface area is 169 Å². The maximum Gasteiger partial charge on any atom is 0.387 e. The van der Waals surface area contributed by atoms with Crippen LogP contribution in [0.5, 0.6) is 5.75 Å². The van der Waals surface area contributed by atoms with Gasteiger partial charge in [0.2, 0.25) is 11.9 Å². The molecular formula is C18H18F3N7O2. The molecule has 9 nitrogen and oxygen atoms in total. The first-order valence-electron chi connectivity index (χ1n) is 8.73. The number of amides is 1. The van der Waals surface area contributed by atoms with Crippen LogP contribution in [-0.4, -0.2) is 39.3 Å². The SMILES string of the molecule is CNC(=O)Cn1cc(Nc2ncc(F)c(NCc3cccc(OC(F)F)c3)n2)cn1. The maximum absolute atomic E-state index is 14.0. The van der Waals surface area contributed by atoms with Crippen molar-refractivity contribution in [2.24, 2.45) is 0 Å². The fourth-order valence-electron chi connectivity index (χ4n) is 2.44. The molecule has 0 spiro atoms. The number of hydrogen-bond acceptors (Lipinski definition) is 7. The predicted molar refractivity (Wildman–Crippen MR) is 102 cm³/mol. The Bertz CT molecular complexity index is 1010. The molecule has 0 unspecified atom stereocenters. The lowest BCUT2D eigenvalue weighted by atomic mass is 10.2. The molecule has 1 aromatic carbocycles. The zero-order chi connectivity index (χ0) is 21.5. The number of hydrogen-bond donors (Lipinski definition) is 3. The molecule has 3 rings (SSSR count). The Balaban J connectivity index is 1.65. The lowest BCUT2D eigenvalue weighted by Crippen LogP contribution is -2.23. The summed E-state index contributed by atoms with van der Waals surface area (Å²) in [5.74, 6) is -0.866. The van der Waals surface area contributed by atoms with Crippen molar-refractivity contribution in [1.29, 1.82) is 0 Å². The van der Waals surface area contributed by atoms with Crippen LogP contribution in [-0.2, 0) is 17.9 Å². The molecule has 12 heteroatoms. The van der Waals surface area contributed by atoms with Crippen molar-refractivity contribution in [2.45, 2.75) is 19.7 Å². The van der Waals surface area contributed by atoms with E-state index in [1.807, 2.05) is 0 Å². The topological polar surface area (TPSA) is 106 Å². The first-order chi connectivity index (χ1) is 14.4.